The smallest absolute Gasteiger partial charge is 0.242 e. The molecule has 1 aliphatic heterocycles. The van der Waals surface area contributed by atoms with Crippen molar-refractivity contribution in [2.75, 3.05) is 17.7 Å². The number of nitrogens with zero attached hydrogens (tertiary/aromatic N) is 2. The van der Waals surface area contributed by atoms with Crippen LogP contribution in [-0.4, -0.2) is 37.5 Å². The van der Waals surface area contributed by atoms with E-state index in [1.807, 2.05) is 61.5 Å². The van der Waals surface area contributed by atoms with E-state index >= 15 is 0 Å². The van der Waals surface area contributed by atoms with E-state index in [1.165, 1.54) is 4.31 Å². The van der Waals surface area contributed by atoms with Crippen LogP contribution in [0, 0.1) is 0 Å². The van der Waals surface area contributed by atoms with Crippen LogP contribution >= 0.6 is 0 Å². The third kappa shape index (κ3) is 3.91. The second-order valence-corrected chi connectivity index (χ2v) is 8.44. The number of para-hydroxylation sites is 1. The molecule has 0 fully saturated rings. The van der Waals surface area contributed by atoms with Crippen molar-refractivity contribution in [3.63, 3.8) is 0 Å². The molecule has 0 saturated heterocycles. The van der Waals surface area contributed by atoms with Gasteiger partial charge >= 0.3 is 0 Å². The first kappa shape index (κ1) is 17.6. The number of amides is 1. The molecular formula is C19H22N2O3S. The molecule has 0 saturated carbocycles. The van der Waals surface area contributed by atoms with Gasteiger partial charge in [-0.15, -0.1) is 0 Å². The number of carbonyl (C=O) groups is 1. The van der Waals surface area contributed by atoms with Crippen molar-refractivity contribution in [2.24, 2.45) is 0 Å². The monoisotopic (exact) mass is 358 g/mol. The molecule has 1 atom stereocenters. The fourth-order valence-corrected chi connectivity index (χ4v) is 3.98. The minimum absolute atomic E-state index is 0.0306. The molecular weight excluding hydrogens is 336 g/mol. The summed E-state index contributed by atoms with van der Waals surface area (Å²) in [5, 5.41) is 0. The van der Waals surface area contributed by atoms with Gasteiger partial charge in [-0.2, -0.15) is 4.31 Å². The van der Waals surface area contributed by atoms with Crippen molar-refractivity contribution >= 4 is 21.6 Å². The lowest BCUT2D eigenvalue weighted by molar-refractivity contribution is -0.119. The molecule has 1 unspecified atom stereocenters. The molecule has 0 bridgehead atoms. The van der Waals surface area contributed by atoms with Crippen LogP contribution in [0.1, 0.15) is 18.1 Å². The predicted octanol–water partition coefficient (Wildman–Crippen LogP) is 2.43. The van der Waals surface area contributed by atoms with Crippen molar-refractivity contribution < 1.29 is 13.2 Å². The van der Waals surface area contributed by atoms with Crippen LogP contribution in [0.5, 0.6) is 0 Å². The summed E-state index contributed by atoms with van der Waals surface area (Å²) in [7, 11) is -3.50. The summed E-state index contributed by atoms with van der Waals surface area (Å²) < 4.78 is 25.6. The number of hydrogen-bond donors (Lipinski definition) is 0. The quantitative estimate of drug-likeness (QED) is 0.825. The van der Waals surface area contributed by atoms with Gasteiger partial charge < -0.3 is 4.90 Å². The Morgan fingerprint density at radius 2 is 1.76 bits per heavy atom. The normalized spacial score (nSPS) is 16.9. The van der Waals surface area contributed by atoms with Gasteiger partial charge in [0.1, 0.15) is 0 Å². The Labute approximate surface area is 148 Å². The Hall–Kier alpha value is -2.18. The van der Waals surface area contributed by atoms with Gasteiger partial charge in [0, 0.05) is 18.3 Å². The first-order chi connectivity index (χ1) is 11.9. The summed E-state index contributed by atoms with van der Waals surface area (Å²) in [6.45, 7) is 2.02. The Kier molecular flexibility index (Phi) is 4.92. The maximum atomic E-state index is 12.9. The summed E-state index contributed by atoms with van der Waals surface area (Å²) >= 11 is 0. The highest BCUT2D eigenvalue weighted by molar-refractivity contribution is 7.88. The van der Waals surface area contributed by atoms with Gasteiger partial charge in [0.2, 0.25) is 15.9 Å². The highest BCUT2D eigenvalue weighted by Gasteiger charge is 2.32. The van der Waals surface area contributed by atoms with Crippen molar-refractivity contribution in [3.8, 4) is 0 Å². The number of carbonyl (C=O) groups excluding carboxylic acids is 1. The van der Waals surface area contributed by atoms with E-state index in [9.17, 15) is 13.2 Å². The van der Waals surface area contributed by atoms with Crippen molar-refractivity contribution in [1.29, 1.82) is 0 Å². The van der Waals surface area contributed by atoms with Crippen molar-refractivity contribution in [3.05, 3.63) is 65.7 Å². The number of benzene rings is 2. The van der Waals surface area contributed by atoms with Crippen LogP contribution in [0.25, 0.3) is 0 Å². The molecule has 3 rings (SSSR count). The first-order valence-electron chi connectivity index (χ1n) is 8.25. The third-order valence-electron chi connectivity index (χ3n) is 4.46. The average Bonchev–Trinajstić information content (AvgIpc) is 2.90. The largest absolute Gasteiger partial charge is 0.308 e. The molecule has 25 heavy (non-hydrogen) atoms. The number of sulfonamides is 1. The molecule has 1 heterocycles. The fraction of sp³-hybridized carbons (Fsp3) is 0.316. The van der Waals surface area contributed by atoms with Gasteiger partial charge in [-0.3, -0.25) is 4.79 Å². The van der Waals surface area contributed by atoms with E-state index in [1.54, 1.807) is 4.90 Å². The van der Waals surface area contributed by atoms with Gasteiger partial charge in [-0.05, 0) is 30.5 Å². The molecule has 6 heteroatoms. The summed E-state index contributed by atoms with van der Waals surface area (Å²) in [6, 6.07) is 17.1. The van der Waals surface area contributed by atoms with E-state index in [4.69, 9.17) is 0 Å². The molecule has 0 spiro atoms. The summed E-state index contributed by atoms with van der Waals surface area (Å²) in [5.74, 6) is -0.196. The lowest BCUT2D eigenvalue weighted by atomic mass is 10.1. The molecule has 0 aromatic heterocycles. The second-order valence-electron chi connectivity index (χ2n) is 6.46. The molecule has 0 aliphatic carbocycles. The number of rotatable bonds is 5. The first-order valence-corrected chi connectivity index (χ1v) is 10.1. The van der Waals surface area contributed by atoms with Gasteiger partial charge in [0.15, 0.2) is 0 Å². The SMILES string of the molecule is CC1Cc2ccccc2N1C(=O)CN(Cc1ccccc1)S(C)(=O)=O. The number of fused-ring (bicyclic) bond motifs is 1. The maximum Gasteiger partial charge on any atom is 0.242 e. The maximum absolute atomic E-state index is 12.9. The van der Waals surface area contributed by atoms with Crippen molar-refractivity contribution in [2.45, 2.75) is 25.9 Å². The standard InChI is InChI=1S/C19H22N2O3S/c1-15-12-17-10-6-7-11-18(17)21(15)19(22)14-20(25(2,23)24)13-16-8-4-3-5-9-16/h3-11,15H,12-14H2,1-2H3. The minimum atomic E-state index is -3.50. The molecule has 2 aromatic carbocycles. The Morgan fingerprint density at radius 1 is 1.12 bits per heavy atom. The molecule has 0 N–H and O–H groups in total. The van der Waals surface area contributed by atoms with Crippen LogP contribution in [0.4, 0.5) is 5.69 Å². The van der Waals surface area contributed by atoms with Gasteiger partial charge in [-0.1, -0.05) is 48.5 Å². The molecule has 132 valence electrons. The van der Waals surface area contributed by atoms with Crippen LogP contribution in [-0.2, 0) is 27.8 Å². The summed E-state index contributed by atoms with van der Waals surface area (Å²) in [4.78, 5) is 14.6. The Bertz CT molecular complexity index is 865. The molecule has 1 amide bonds. The fourth-order valence-electron chi connectivity index (χ4n) is 3.25. The summed E-state index contributed by atoms with van der Waals surface area (Å²) in [5.41, 5.74) is 2.86. The highest BCUT2D eigenvalue weighted by Crippen LogP contribution is 2.32. The van der Waals surface area contributed by atoms with E-state index in [0.29, 0.717) is 0 Å². The van der Waals surface area contributed by atoms with E-state index < -0.39 is 10.0 Å². The van der Waals surface area contributed by atoms with Crippen LogP contribution in [0.2, 0.25) is 0 Å². The minimum Gasteiger partial charge on any atom is -0.308 e. The van der Waals surface area contributed by atoms with E-state index in [0.717, 1.165) is 29.5 Å². The Morgan fingerprint density at radius 3 is 2.44 bits per heavy atom. The van der Waals surface area contributed by atoms with Gasteiger partial charge in [0.25, 0.3) is 0 Å². The van der Waals surface area contributed by atoms with E-state index in [2.05, 4.69) is 0 Å². The van der Waals surface area contributed by atoms with Gasteiger partial charge in [0.05, 0.1) is 12.8 Å². The molecule has 1 aliphatic rings. The zero-order chi connectivity index (χ0) is 18.0. The van der Waals surface area contributed by atoms with Gasteiger partial charge in [-0.25, -0.2) is 8.42 Å². The summed E-state index contributed by atoms with van der Waals surface area (Å²) in [6.07, 6.45) is 1.93. The van der Waals surface area contributed by atoms with Crippen LogP contribution in [0.3, 0.4) is 0 Å². The van der Waals surface area contributed by atoms with Crippen molar-refractivity contribution in [1.82, 2.24) is 4.31 Å². The van der Waals surface area contributed by atoms with E-state index in [-0.39, 0.29) is 25.0 Å². The lowest BCUT2D eigenvalue weighted by Crippen LogP contribution is -2.44. The number of anilines is 1. The third-order valence-corrected chi connectivity index (χ3v) is 5.65. The predicted molar refractivity (Wildman–Crippen MR) is 98.8 cm³/mol. The lowest BCUT2D eigenvalue weighted by Gasteiger charge is -2.26. The second kappa shape index (κ2) is 6.98. The average molecular weight is 358 g/mol. The van der Waals surface area contributed by atoms with Crippen LogP contribution < -0.4 is 4.90 Å². The number of hydrogen-bond acceptors (Lipinski definition) is 3. The molecule has 2 aromatic rings. The molecule has 0 radical (unpaired) electrons. The van der Waals surface area contributed by atoms with Crippen LogP contribution in [0.15, 0.2) is 54.6 Å². The topological polar surface area (TPSA) is 57.7 Å². The zero-order valence-corrected chi connectivity index (χ0v) is 15.2. The Balaban J connectivity index is 1.81. The molecule has 5 nitrogen and oxygen atoms in total. The zero-order valence-electron chi connectivity index (χ0n) is 14.4. The highest BCUT2D eigenvalue weighted by atomic mass is 32.2.